The van der Waals surface area contributed by atoms with Crippen molar-refractivity contribution in [3.05, 3.63) is 53.3 Å². The molecule has 29 heavy (non-hydrogen) atoms. The third-order valence-corrected chi connectivity index (χ3v) is 4.82. The summed E-state index contributed by atoms with van der Waals surface area (Å²) in [7, 11) is 0. The summed E-state index contributed by atoms with van der Waals surface area (Å²) in [6.45, 7) is 4.96. The van der Waals surface area contributed by atoms with Crippen LogP contribution in [0.15, 0.2) is 36.4 Å². The summed E-state index contributed by atoms with van der Waals surface area (Å²) in [5, 5.41) is 32.3. The SMILES string of the molecule is Cc1cc(-c2c(C(C)C)c(N[C@H](CO)C(=O)O)nc3cc(O)ccc23)ccc1F. The number of aliphatic hydroxyl groups excluding tert-OH is 1. The van der Waals surface area contributed by atoms with Crippen LogP contribution in [0.25, 0.3) is 22.0 Å². The van der Waals surface area contributed by atoms with Crippen molar-refractivity contribution in [1.29, 1.82) is 0 Å². The number of fused-ring (bicyclic) bond motifs is 1. The van der Waals surface area contributed by atoms with Crippen LogP contribution in [-0.2, 0) is 4.79 Å². The molecule has 0 aliphatic rings. The van der Waals surface area contributed by atoms with Gasteiger partial charge in [-0.1, -0.05) is 19.9 Å². The molecular formula is C22H23FN2O4. The minimum absolute atomic E-state index is 0.0198. The molecule has 3 rings (SSSR count). The molecule has 0 unspecified atom stereocenters. The number of hydrogen-bond acceptors (Lipinski definition) is 5. The van der Waals surface area contributed by atoms with Crippen molar-refractivity contribution in [3.8, 4) is 16.9 Å². The predicted molar refractivity (Wildman–Crippen MR) is 110 cm³/mol. The van der Waals surface area contributed by atoms with Gasteiger partial charge in [-0.25, -0.2) is 14.2 Å². The Kier molecular flexibility index (Phi) is 5.70. The monoisotopic (exact) mass is 398 g/mol. The van der Waals surface area contributed by atoms with Gasteiger partial charge in [-0.3, -0.25) is 0 Å². The molecule has 0 fully saturated rings. The average molecular weight is 398 g/mol. The summed E-state index contributed by atoms with van der Waals surface area (Å²) in [6.07, 6.45) is 0. The van der Waals surface area contributed by atoms with E-state index in [-0.39, 0.29) is 17.5 Å². The molecule has 4 N–H and O–H groups in total. The number of pyridine rings is 1. The predicted octanol–water partition coefficient (Wildman–Crippen LogP) is 4.04. The normalized spacial score (nSPS) is 12.3. The highest BCUT2D eigenvalue weighted by atomic mass is 19.1. The van der Waals surface area contributed by atoms with Crippen LogP contribution in [0, 0.1) is 12.7 Å². The number of phenols is 1. The van der Waals surface area contributed by atoms with E-state index in [1.807, 2.05) is 13.8 Å². The van der Waals surface area contributed by atoms with Gasteiger partial charge < -0.3 is 20.6 Å². The van der Waals surface area contributed by atoms with Crippen molar-refractivity contribution in [1.82, 2.24) is 4.98 Å². The van der Waals surface area contributed by atoms with Crippen molar-refractivity contribution in [2.24, 2.45) is 0 Å². The Hall–Kier alpha value is -3.19. The summed E-state index contributed by atoms with van der Waals surface area (Å²) in [5.41, 5.74) is 3.21. The molecular weight excluding hydrogens is 375 g/mol. The number of aliphatic carboxylic acids is 1. The molecule has 1 heterocycles. The number of benzene rings is 2. The smallest absolute Gasteiger partial charge is 0.328 e. The van der Waals surface area contributed by atoms with Gasteiger partial charge >= 0.3 is 5.97 Å². The fourth-order valence-electron chi connectivity index (χ4n) is 3.40. The molecule has 0 aliphatic carbocycles. The summed E-state index contributed by atoms with van der Waals surface area (Å²) < 4.78 is 13.9. The lowest BCUT2D eigenvalue weighted by Gasteiger charge is -2.23. The van der Waals surface area contributed by atoms with Crippen molar-refractivity contribution < 1.29 is 24.5 Å². The number of hydrogen-bond donors (Lipinski definition) is 4. The van der Waals surface area contributed by atoms with Crippen LogP contribution in [-0.4, -0.2) is 38.9 Å². The van der Waals surface area contributed by atoms with E-state index in [2.05, 4.69) is 10.3 Å². The van der Waals surface area contributed by atoms with Crippen LogP contribution in [0.2, 0.25) is 0 Å². The van der Waals surface area contributed by atoms with Gasteiger partial charge in [-0.2, -0.15) is 0 Å². The van der Waals surface area contributed by atoms with Crippen LogP contribution < -0.4 is 5.32 Å². The third kappa shape index (κ3) is 4.00. The van der Waals surface area contributed by atoms with Gasteiger partial charge in [0.25, 0.3) is 0 Å². The van der Waals surface area contributed by atoms with Crippen LogP contribution in [0.3, 0.4) is 0 Å². The summed E-state index contributed by atoms with van der Waals surface area (Å²) in [5.74, 6) is -1.26. The number of carbonyl (C=O) groups is 1. The molecule has 0 saturated heterocycles. The fourth-order valence-corrected chi connectivity index (χ4v) is 3.40. The second kappa shape index (κ2) is 8.05. The molecule has 0 saturated carbocycles. The maximum Gasteiger partial charge on any atom is 0.328 e. The lowest BCUT2D eigenvalue weighted by Crippen LogP contribution is -2.33. The number of aryl methyl sites for hydroxylation is 1. The first-order chi connectivity index (χ1) is 13.7. The number of carboxylic acids is 1. The van der Waals surface area contributed by atoms with Gasteiger partial charge in [0.2, 0.25) is 0 Å². The summed E-state index contributed by atoms with van der Waals surface area (Å²) in [6, 6.07) is 8.32. The number of aromatic nitrogens is 1. The largest absolute Gasteiger partial charge is 0.508 e. The molecule has 0 amide bonds. The number of aromatic hydroxyl groups is 1. The summed E-state index contributed by atoms with van der Waals surface area (Å²) >= 11 is 0. The minimum Gasteiger partial charge on any atom is -0.508 e. The first kappa shape index (κ1) is 20.5. The highest BCUT2D eigenvalue weighted by Crippen LogP contribution is 2.40. The Morgan fingerprint density at radius 1 is 1.21 bits per heavy atom. The van der Waals surface area contributed by atoms with E-state index in [0.717, 1.165) is 22.1 Å². The topological polar surface area (TPSA) is 103 Å². The van der Waals surface area contributed by atoms with Crippen molar-refractivity contribution in [2.75, 3.05) is 11.9 Å². The summed E-state index contributed by atoms with van der Waals surface area (Å²) in [4.78, 5) is 16.0. The Morgan fingerprint density at radius 2 is 1.93 bits per heavy atom. The van der Waals surface area contributed by atoms with Gasteiger partial charge in [-0.05, 0) is 53.8 Å². The number of carboxylic acid groups (broad SMARTS) is 1. The molecule has 3 aromatic rings. The van der Waals surface area contributed by atoms with Crippen molar-refractivity contribution in [3.63, 3.8) is 0 Å². The van der Waals surface area contributed by atoms with Crippen LogP contribution >= 0.6 is 0 Å². The van der Waals surface area contributed by atoms with Crippen LogP contribution in [0.1, 0.15) is 30.9 Å². The lowest BCUT2D eigenvalue weighted by molar-refractivity contribution is -0.138. The van der Waals surface area contributed by atoms with E-state index < -0.39 is 18.6 Å². The quantitative estimate of drug-likeness (QED) is 0.500. The number of anilines is 1. The molecule has 0 bridgehead atoms. The number of aliphatic hydroxyl groups is 1. The molecule has 1 aromatic heterocycles. The van der Waals surface area contributed by atoms with Crippen molar-refractivity contribution in [2.45, 2.75) is 32.7 Å². The highest BCUT2D eigenvalue weighted by molar-refractivity contribution is 5.99. The van der Waals surface area contributed by atoms with Gasteiger partial charge in [0.1, 0.15) is 23.4 Å². The lowest BCUT2D eigenvalue weighted by atomic mass is 9.89. The molecule has 2 aromatic carbocycles. The molecule has 152 valence electrons. The number of phenolic OH excluding ortho intramolecular Hbond substituents is 1. The van der Waals surface area contributed by atoms with Gasteiger partial charge in [-0.15, -0.1) is 0 Å². The third-order valence-electron chi connectivity index (χ3n) is 4.82. The standard InChI is InChI=1S/C22H23FN2O4/c1-11(2)19-20(13-4-7-16(23)12(3)8-13)15-6-5-14(27)9-17(15)24-21(19)25-18(10-26)22(28)29/h4-9,11,18,26-27H,10H2,1-3H3,(H,24,25)(H,28,29)/t18-/m1/s1. The second-order valence-corrected chi connectivity index (χ2v) is 7.29. The molecule has 0 spiro atoms. The zero-order chi connectivity index (χ0) is 21.3. The van der Waals surface area contributed by atoms with Crippen molar-refractivity contribution >= 4 is 22.7 Å². The molecule has 1 atom stereocenters. The Balaban J connectivity index is 2.38. The Labute approximate surface area is 167 Å². The van der Waals surface area contributed by atoms with Gasteiger partial charge in [0, 0.05) is 17.0 Å². The second-order valence-electron chi connectivity index (χ2n) is 7.29. The first-order valence-corrected chi connectivity index (χ1v) is 9.26. The molecule has 0 radical (unpaired) electrons. The fraction of sp³-hybridized carbons (Fsp3) is 0.273. The van der Waals surface area contributed by atoms with E-state index in [4.69, 9.17) is 0 Å². The highest BCUT2D eigenvalue weighted by Gasteiger charge is 2.24. The zero-order valence-corrected chi connectivity index (χ0v) is 16.4. The minimum atomic E-state index is -1.24. The Morgan fingerprint density at radius 3 is 2.52 bits per heavy atom. The Bertz CT molecular complexity index is 1080. The zero-order valence-electron chi connectivity index (χ0n) is 16.4. The number of nitrogens with one attached hydrogen (secondary N) is 1. The maximum absolute atomic E-state index is 13.9. The van der Waals surface area contributed by atoms with E-state index in [1.165, 1.54) is 12.1 Å². The number of nitrogens with zero attached hydrogens (tertiary/aromatic N) is 1. The van der Waals surface area contributed by atoms with E-state index in [1.54, 1.807) is 31.2 Å². The maximum atomic E-state index is 13.9. The van der Waals surface area contributed by atoms with E-state index in [0.29, 0.717) is 16.9 Å². The van der Waals surface area contributed by atoms with E-state index >= 15 is 0 Å². The molecule has 6 nitrogen and oxygen atoms in total. The molecule has 7 heteroatoms. The first-order valence-electron chi connectivity index (χ1n) is 9.26. The van der Waals surface area contributed by atoms with Gasteiger partial charge in [0.15, 0.2) is 0 Å². The van der Waals surface area contributed by atoms with Gasteiger partial charge in [0.05, 0.1) is 12.1 Å². The van der Waals surface area contributed by atoms with Crippen LogP contribution in [0.4, 0.5) is 10.2 Å². The average Bonchev–Trinajstić information content (AvgIpc) is 2.66. The number of rotatable bonds is 6. The van der Waals surface area contributed by atoms with Crippen LogP contribution in [0.5, 0.6) is 5.75 Å². The number of halogens is 1. The molecule has 0 aliphatic heterocycles. The van der Waals surface area contributed by atoms with E-state index in [9.17, 15) is 24.5 Å².